The summed E-state index contributed by atoms with van der Waals surface area (Å²) in [6.07, 6.45) is -3.25. The lowest BCUT2D eigenvalue weighted by molar-refractivity contribution is -0.152. The second-order valence-electron chi connectivity index (χ2n) is 5.94. The predicted molar refractivity (Wildman–Crippen MR) is 91.7 cm³/mol. The number of halogens is 3. The van der Waals surface area contributed by atoms with Gasteiger partial charge in [-0.1, -0.05) is 12.1 Å². The van der Waals surface area contributed by atoms with Crippen molar-refractivity contribution in [2.45, 2.75) is 32.5 Å². The molecule has 0 fully saturated rings. The Hall–Kier alpha value is -2.91. The molecule has 0 aliphatic rings. The summed E-state index contributed by atoms with van der Waals surface area (Å²) in [6.45, 7) is 2.34. The Kier molecular flexibility index (Phi) is 8.15. The van der Waals surface area contributed by atoms with E-state index in [0.29, 0.717) is 5.56 Å². The van der Waals surface area contributed by atoms with Gasteiger partial charge in [0.15, 0.2) is 5.54 Å². The van der Waals surface area contributed by atoms with Crippen molar-refractivity contribution in [3.63, 3.8) is 0 Å². The standard InChI is InChI=1S/C18H20F3NO6/c1-12(23)26-9-17(10-27-13(2)24,11-28-14(3)25)22-8-15-4-6-16(7-5-15)18(19,20)21/h4-8H,9-11H2,1-3H3. The summed E-state index contributed by atoms with van der Waals surface area (Å²) >= 11 is 0. The maximum atomic E-state index is 12.6. The van der Waals surface area contributed by atoms with Gasteiger partial charge in [0.2, 0.25) is 0 Å². The molecule has 0 radical (unpaired) electrons. The molecule has 7 nitrogen and oxygen atoms in total. The molecule has 0 bridgehead atoms. The molecule has 0 heterocycles. The summed E-state index contributed by atoms with van der Waals surface area (Å²) in [4.78, 5) is 37.7. The van der Waals surface area contributed by atoms with E-state index in [0.717, 1.165) is 32.9 Å². The van der Waals surface area contributed by atoms with Crippen LogP contribution in [0.5, 0.6) is 0 Å². The number of carbonyl (C=O) groups excluding carboxylic acids is 3. The zero-order chi connectivity index (χ0) is 21.4. The van der Waals surface area contributed by atoms with Crippen LogP contribution in [0.2, 0.25) is 0 Å². The van der Waals surface area contributed by atoms with Crippen LogP contribution < -0.4 is 0 Å². The first-order valence-electron chi connectivity index (χ1n) is 8.06. The average Bonchev–Trinajstić information content (AvgIpc) is 2.60. The minimum atomic E-state index is -4.47. The van der Waals surface area contributed by atoms with Crippen molar-refractivity contribution in [2.24, 2.45) is 4.99 Å². The van der Waals surface area contributed by atoms with E-state index in [1.165, 1.54) is 18.3 Å². The molecule has 1 rings (SSSR count). The van der Waals surface area contributed by atoms with E-state index in [-0.39, 0.29) is 19.8 Å². The van der Waals surface area contributed by atoms with Crippen molar-refractivity contribution in [1.82, 2.24) is 0 Å². The van der Waals surface area contributed by atoms with E-state index in [4.69, 9.17) is 14.2 Å². The minimum absolute atomic E-state index is 0.311. The monoisotopic (exact) mass is 403 g/mol. The maximum Gasteiger partial charge on any atom is 0.416 e. The fraction of sp³-hybridized carbons (Fsp3) is 0.444. The van der Waals surface area contributed by atoms with E-state index in [1.807, 2.05) is 0 Å². The van der Waals surface area contributed by atoms with Gasteiger partial charge in [0, 0.05) is 27.0 Å². The summed E-state index contributed by atoms with van der Waals surface area (Å²) < 4.78 is 52.8. The fourth-order valence-corrected chi connectivity index (χ4v) is 1.91. The highest BCUT2D eigenvalue weighted by Gasteiger charge is 2.34. The first-order chi connectivity index (χ1) is 12.9. The molecule has 0 N–H and O–H groups in total. The third-order valence-corrected chi connectivity index (χ3v) is 3.36. The molecule has 28 heavy (non-hydrogen) atoms. The second kappa shape index (κ2) is 9.86. The maximum absolute atomic E-state index is 12.6. The third-order valence-electron chi connectivity index (χ3n) is 3.36. The van der Waals surface area contributed by atoms with Crippen LogP contribution >= 0.6 is 0 Å². The summed E-state index contributed by atoms with van der Waals surface area (Å²) in [6, 6.07) is 4.15. The Labute approximate surface area is 159 Å². The van der Waals surface area contributed by atoms with Crippen LogP contribution in [0, 0.1) is 0 Å². The Morgan fingerprint density at radius 1 is 0.857 bits per heavy atom. The predicted octanol–water partition coefficient (Wildman–Crippen LogP) is 2.55. The van der Waals surface area contributed by atoms with Gasteiger partial charge in [0.05, 0.1) is 5.56 Å². The number of esters is 3. The van der Waals surface area contributed by atoms with E-state index in [1.54, 1.807) is 0 Å². The third kappa shape index (κ3) is 8.19. The lowest BCUT2D eigenvalue weighted by atomic mass is 10.0. The normalized spacial score (nSPS) is 11.9. The number of carbonyl (C=O) groups is 3. The minimum Gasteiger partial charge on any atom is -0.463 e. The topological polar surface area (TPSA) is 91.3 Å². The number of hydrogen-bond donors (Lipinski definition) is 0. The van der Waals surface area contributed by atoms with Crippen molar-refractivity contribution in [3.8, 4) is 0 Å². The Bertz CT molecular complexity index is 682. The van der Waals surface area contributed by atoms with Crippen molar-refractivity contribution >= 4 is 24.1 Å². The molecule has 0 amide bonds. The number of hydrogen-bond acceptors (Lipinski definition) is 7. The van der Waals surface area contributed by atoms with Crippen molar-refractivity contribution in [2.75, 3.05) is 19.8 Å². The molecule has 0 saturated carbocycles. The number of rotatable bonds is 8. The molecule has 10 heteroatoms. The van der Waals surface area contributed by atoms with Gasteiger partial charge < -0.3 is 14.2 Å². The number of ether oxygens (including phenoxy) is 3. The lowest BCUT2D eigenvalue weighted by Gasteiger charge is -2.28. The van der Waals surface area contributed by atoms with Crippen LogP contribution in [-0.4, -0.2) is 49.5 Å². The largest absolute Gasteiger partial charge is 0.463 e. The molecule has 1 aromatic rings. The fourth-order valence-electron chi connectivity index (χ4n) is 1.91. The number of aliphatic imine (C=N–C) groups is 1. The molecule has 0 aromatic heterocycles. The number of benzene rings is 1. The van der Waals surface area contributed by atoms with Crippen LogP contribution in [0.1, 0.15) is 31.9 Å². The van der Waals surface area contributed by atoms with Gasteiger partial charge >= 0.3 is 24.1 Å². The number of nitrogens with zero attached hydrogens (tertiary/aromatic N) is 1. The highest BCUT2D eigenvalue weighted by molar-refractivity contribution is 5.80. The van der Waals surface area contributed by atoms with Crippen LogP contribution in [0.15, 0.2) is 29.3 Å². The molecule has 0 saturated heterocycles. The smallest absolute Gasteiger partial charge is 0.416 e. The molecule has 0 aliphatic carbocycles. The summed E-state index contributed by atoms with van der Waals surface area (Å²) in [5.74, 6) is -1.92. The highest BCUT2D eigenvalue weighted by Crippen LogP contribution is 2.29. The Morgan fingerprint density at radius 3 is 1.57 bits per heavy atom. The van der Waals surface area contributed by atoms with E-state index in [9.17, 15) is 27.6 Å². The van der Waals surface area contributed by atoms with Gasteiger partial charge in [-0.2, -0.15) is 13.2 Å². The average molecular weight is 403 g/mol. The summed E-state index contributed by atoms with van der Waals surface area (Å²) in [7, 11) is 0. The molecule has 1 aromatic carbocycles. The molecular weight excluding hydrogens is 383 g/mol. The van der Waals surface area contributed by atoms with Crippen molar-refractivity contribution < 1.29 is 41.8 Å². The van der Waals surface area contributed by atoms with Gasteiger partial charge in [-0.05, 0) is 17.7 Å². The summed E-state index contributed by atoms with van der Waals surface area (Å²) in [5, 5.41) is 0. The zero-order valence-corrected chi connectivity index (χ0v) is 15.5. The first-order valence-corrected chi connectivity index (χ1v) is 8.06. The second-order valence-corrected chi connectivity index (χ2v) is 5.94. The van der Waals surface area contributed by atoms with Crippen LogP contribution in [-0.2, 0) is 34.8 Å². The van der Waals surface area contributed by atoms with Crippen LogP contribution in [0.3, 0.4) is 0 Å². The Balaban J connectivity index is 3.14. The van der Waals surface area contributed by atoms with Gasteiger partial charge in [-0.3, -0.25) is 19.4 Å². The molecule has 0 spiro atoms. The summed E-state index contributed by atoms with van der Waals surface area (Å²) in [5.41, 5.74) is -1.97. The van der Waals surface area contributed by atoms with Gasteiger partial charge in [-0.15, -0.1) is 0 Å². The Morgan fingerprint density at radius 2 is 1.25 bits per heavy atom. The van der Waals surface area contributed by atoms with Crippen LogP contribution in [0.4, 0.5) is 13.2 Å². The van der Waals surface area contributed by atoms with E-state index >= 15 is 0 Å². The zero-order valence-electron chi connectivity index (χ0n) is 15.5. The van der Waals surface area contributed by atoms with Gasteiger partial charge in [0.1, 0.15) is 19.8 Å². The molecule has 0 atom stereocenters. The first kappa shape index (κ1) is 23.1. The van der Waals surface area contributed by atoms with Crippen molar-refractivity contribution in [3.05, 3.63) is 35.4 Å². The van der Waals surface area contributed by atoms with Gasteiger partial charge in [0.25, 0.3) is 0 Å². The molecule has 0 aliphatic heterocycles. The van der Waals surface area contributed by atoms with Crippen LogP contribution in [0.25, 0.3) is 0 Å². The lowest BCUT2D eigenvalue weighted by Crippen LogP contribution is -2.44. The molecule has 154 valence electrons. The SMILES string of the molecule is CC(=O)OCC(COC(C)=O)(COC(C)=O)N=Cc1ccc(C(F)(F)F)cc1. The molecular formula is C18H20F3NO6. The van der Waals surface area contributed by atoms with Crippen molar-refractivity contribution in [1.29, 1.82) is 0 Å². The quantitative estimate of drug-likeness (QED) is 0.376. The number of alkyl halides is 3. The van der Waals surface area contributed by atoms with E-state index in [2.05, 4.69) is 4.99 Å². The van der Waals surface area contributed by atoms with E-state index < -0.39 is 35.2 Å². The highest BCUT2D eigenvalue weighted by atomic mass is 19.4. The molecule has 0 unspecified atom stereocenters. The van der Waals surface area contributed by atoms with Gasteiger partial charge in [-0.25, -0.2) is 0 Å².